The molecule has 0 spiro atoms. The number of halogens is 2. The van der Waals surface area contributed by atoms with Crippen molar-refractivity contribution in [3.8, 4) is 0 Å². The number of carbonyl (C=O) groups is 2. The maximum atomic E-state index is 13.3. The lowest BCUT2D eigenvalue weighted by atomic mass is 10.2. The molecule has 12 heteroatoms. The number of hydrogen-bond donors (Lipinski definition) is 1. The molecule has 2 rings (SSSR count). The Morgan fingerprint density at radius 2 is 1.75 bits per heavy atom. The van der Waals surface area contributed by atoms with Crippen LogP contribution in [-0.4, -0.2) is 27.8 Å². The fourth-order valence-corrected chi connectivity index (χ4v) is 2.22. The van der Waals surface area contributed by atoms with Gasteiger partial charge in [-0.1, -0.05) is 11.6 Å². The van der Waals surface area contributed by atoms with Gasteiger partial charge < -0.3 is 10.1 Å². The molecule has 0 bridgehead atoms. The topological polar surface area (TPSA) is 142 Å². The summed E-state index contributed by atoms with van der Waals surface area (Å²) < 4.78 is 18.2. The summed E-state index contributed by atoms with van der Waals surface area (Å²) in [5.41, 5.74) is -1.63. The first-order chi connectivity index (χ1) is 13.1. The van der Waals surface area contributed by atoms with E-state index < -0.39 is 45.0 Å². The highest BCUT2D eigenvalue weighted by molar-refractivity contribution is 6.32. The highest BCUT2D eigenvalue weighted by atomic mass is 35.5. The number of rotatable bonds is 6. The lowest BCUT2D eigenvalue weighted by molar-refractivity contribution is -0.387. The van der Waals surface area contributed by atoms with Gasteiger partial charge in [-0.2, -0.15) is 4.39 Å². The molecule has 0 radical (unpaired) electrons. The van der Waals surface area contributed by atoms with Gasteiger partial charge in [0, 0.05) is 17.8 Å². The molecular weight excluding hydrogens is 401 g/mol. The van der Waals surface area contributed by atoms with E-state index in [9.17, 15) is 34.2 Å². The number of amides is 1. The smallest absolute Gasteiger partial charge is 0.339 e. The summed E-state index contributed by atoms with van der Waals surface area (Å²) in [6.07, 6.45) is -1.36. The first-order valence-corrected chi connectivity index (χ1v) is 7.87. The first kappa shape index (κ1) is 20.7. The Morgan fingerprint density at radius 3 is 2.36 bits per heavy atom. The van der Waals surface area contributed by atoms with Crippen molar-refractivity contribution < 1.29 is 28.6 Å². The second-order valence-electron chi connectivity index (χ2n) is 5.38. The normalized spacial score (nSPS) is 11.4. The number of carbonyl (C=O) groups excluding carboxylic acids is 2. The Balaban J connectivity index is 2.09. The first-order valence-electron chi connectivity index (χ1n) is 7.50. The fourth-order valence-electron chi connectivity index (χ4n) is 2.04. The maximum Gasteiger partial charge on any atom is 0.339 e. The summed E-state index contributed by atoms with van der Waals surface area (Å²) in [5.74, 6) is -2.95. The van der Waals surface area contributed by atoms with Crippen LogP contribution in [0.3, 0.4) is 0 Å². The summed E-state index contributed by atoms with van der Waals surface area (Å²) in [6.45, 7) is 1.22. The predicted molar refractivity (Wildman–Crippen MR) is 94.7 cm³/mol. The van der Waals surface area contributed by atoms with E-state index in [0.29, 0.717) is 0 Å². The quantitative estimate of drug-likeness (QED) is 0.435. The van der Waals surface area contributed by atoms with Crippen LogP contribution in [0.5, 0.6) is 0 Å². The predicted octanol–water partition coefficient (Wildman–Crippen LogP) is 3.48. The Hall–Kier alpha value is -3.60. The van der Waals surface area contributed by atoms with E-state index in [-0.39, 0.29) is 16.3 Å². The molecule has 1 N–H and O–H groups in total. The molecule has 146 valence electrons. The number of nitrogens with one attached hydrogen (secondary N) is 1. The van der Waals surface area contributed by atoms with Crippen LogP contribution in [0, 0.1) is 26.0 Å². The molecule has 0 heterocycles. The van der Waals surface area contributed by atoms with Crippen LogP contribution >= 0.6 is 11.6 Å². The molecule has 2 aromatic rings. The zero-order valence-corrected chi connectivity index (χ0v) is 14.8. The van der Waals surface area contributed by atoms with E-state index in [1.807, 2.05) is 0 Å². The third kappa shape index (κ3) is 4.76. The Kier molecular flexibility index (Phi) is 6.21. The summed E-state index contributed by atoms with van der Waals surface area (Å²) in [6, 6.07) is 5.93. The van der Waals surface area contributed by atoms with Crippen LogP contribution in [0.25, 0.3) is 0 Å². The largest absolute Gasteiger partial charge is 0.449 e. The minimum Gasteiger partial charge on any atom is -0.449 e. The van der Waals surface area contributed by atoms with Crippen LogP contribution < -0.4 is 5.32 Å². The van der Waals surface area contributed by atoms with Crippen molar-refractivity contribution >= 4 is 40.5 Å². The minimum absolute atomic E-state index is 0.0804. The fraction of sp³-hybridized carbons (Fsp3) is 0.125. The summed E-state index contributed by atoms with van der Waals surface area (Å²) in [5, 5.41) is 23.6. The number of nitrogens with zero attached hydrogens (tertiary/aromatic N) is 2. The molecule has 10 nitrogen and oxygen atoms in total. The third-order valence-corrected chi connectivity index (χ3v) is 3.76. The van der Waals surface area contributed by atoms with Crippen molar-refractivity contribution in [2.45, 2.75) is 13.0 Å². The molecule has 0 aliphatic carbocycles. The molecular formula is C16H11ClFN3O7. The SMILES string of the molecule is CC(OC(=O)c1ccc(Cl)c([N+](=O)[O-])c1)C(=O)Nc1ccc(F)c([N+](=O)[O-])c1. The average Bonchev–Trinajstić information content (AvgIpc) is 2.62. The van der Waals surface area contributed by atoms with E-state index in [1.165, 1.54) is 13.0 Å². The van der Waals surface area contributed by atoms with Crippen LogP contribution in [0.1, 0.15) is 17.3 Å². The molecule has 0 aliphatic rings. The second kappa shape index (κ2) is 8.39. The van der Waals surface area contributed by atoms with E-state index in [2.05, 4.69) is 5.32 Å². The minimum atomic E-state index is -1.36. The van der Waals surface area contributed by atoms with E-state index in [4.69, 9.17) is 16.3 Å². The summed E-state index contributed by atoms with van der Waals surface area (Å²) >= 11 is 5.66. The van der Waals surface area contributed by atoms with Crippen molar-refractivity contribution in [2.24, 2.45) is 0 Å². The van der Waals surface area contributed by atoms with Gasteiger partial charge >= 0.3 is 11.7 Å². The van der Waals surface area contributed by atoms with Crippen molar-refractivity contribution in [2.75, 3.05) is 5.32 Å². The van der Waals surface area contributed by atoms with Crippen LogP contribution in [0.2, 0.25) is 5.02 Å². The van der Waals surface area contributed by atoms with Crippen LogP contribution in [-0.2, 0) is 9.53 Å². The number of hydrogen-bond acceptors (Lipinski definition) is 7. The summed E-state index contributed by atoms with van der Waals surface area (Å²) in [4.78, 5) is 44.0. The molecule has 0 aromatic heterocycles. The molecule has 28 heavy (non-hydrogen) atoms. The second-order valence-corrected chi connectivity index (χ2v) is 5.79. The van der Waals surface area contributed by atoms with Gasteiger partial charge in [0.15, 0.2) is 6.10 Å². The van der Waals surface area contributed by atoms with Gasteiger partial charge in [-0.15, -0.1) is 0 Å². The zero-order chi connectivity index (χ0) is 21.0. The maximum absolute atomic E-state index is 13.3. The molecule has 0 saturated carbocycles. The van der Waals surface area contributed by atoms with Crippen molar-refractivity contribution in [1.29, 1.82) is 0 Å². The van der Waals surface area contributed by atoms with Gasteiger partial charge in [-0.25, -0.2) is 4.79 Å². The molecule has 1 unspecified atom stereocenters. The number of ether oxygens (including phenoxy) is 1. The Bertz CT molecular complexity index is 983. The standard InChI is InChI=1S/C16H11ClFN3O7/c1-8(15(22)19-10-3-5-12(18)14(7-10)21(26)27)28-16(23)9-2-4-11(17)13(6-9)20(24)25/h2-8H,1H3,(H,19,22). The van der Waals surface area contributed by atoms with Crippen LogP contribution in [0.15, 0.2) is 36.4 Å². The number of nitro benzene ring substituents is 2. The van der Waals surface area contributed by atoms with Gasteiger partial charge in [0.1, 0.15) is 5.02 Å². The lowest BCUT2D eigenvalue weighted by Crippen LogP contribution is -2.30. The van der Waals surface area contributed by atoms with Crippen LogP contribution in [0.4, 0.5) is 21.5 Å². The van der Waals surface area contributed by atoms with E-state index in [0.717, 1.165) is 30.3 Å². The Labute approximate surface area is 161 Å². The Morgan fingerprint density at radius 1 is 1.11 bits per heavy atom. The van der Waals surface area contributed by atoms with Gasteiger partial charge in [0.05, 0.1) is 15.4 Å². The molecule has 1 amide bonds. The van der Waals surface area contributed by atoms with Crippen molar-refractivity contribution in [3.63, 3.8) is 0 Å². The highest BCUT2D eigenvalue weighted by Crippen LogP contribution is 2.26. The van der Waals surface area contributed by atoms with Crippen molar-refractivity contribution in [1.82, 2.24) is 0 Å². The number of benzene rings is 2. The third-order valence-electron chi connectivity index (χ3n) is 3.44. The number of anilines is 1. The van der Waals surface area contributed by atoms with Gasteiger partial charge in [-0.3, -0.25) is 25.0 Å². The number of nitro groups is 2. The van der Waals surface area contributed by atoms with Gasteiger partial charge in [0.25, 0.3) is 11.6 Å². The van der Waals surface area contributed by atoms with Gasteiger partial charge in [0.2, 0.25) is 5.82 Å². The van der Waals surface area contributed by atoms with Crippen molar-refractivity contribution in [3.05, 3.63) is 73.0 Å². The molecule has 1 atom stereocenters. The van der Waals surface area contributed by atoms with E-state index >= 15 is 0 Å². The monoisotopic (exact) mass is 411 g/mol. The lowest BCUT2D eigenvalue weighted by Gasteiger charge is -2.13. The highest BCUT2D eigenvalue weighted by Gasteiger charge is 2.23. The molecule has 0 aliphatic heterocycles. The average molecular weight is 412 g/mol. The van der Waals surface area contributed by atoms with E-state index in [1.54, 1.807) is 0 Å². The molecule has 0 fully saturated rings. The molecule has 2 aromatic carbocycles. The summed E-state index contributed by atoms with van der Waals surface area (Å²) in [7, 11) is 0. The number of esters is 1. The zero-order valence-electron chi connectivity index (χ0n) is 14.0. The van der Waals surface area contributed by atoms with Gasteiger partial charge in [-0.05, 0) is 31.2 Å². The molecule has 0 saturated heterocycles.